The summed E-state index contributed by atoms with van der Waals surface area (Å²) in [7, 11) is 13.4. The van der Waals surface area contributed by atoms with Gasteiger partial charge in [-0.1, -0.05) is 6.07 Å². The zero-order valence-corrected chi connectivity index (χ0v) is 8.03. The number of rotatable bonds is 2. The van der Waals surface area contributed by atoms with Crippen molar-refractivity contribution in [2.45, 2.75) is 9.79 Å². The molecule has 0 saturated heterocycles. The summed E-state index contributed by atoms with van der Waals surface area (Å²) in [6.07, 6.45) is 0. The molecular weight excluding hydrogens is 207 g/mol. The molecule has 0 aliphatic heterocycles. The maximum Gasteiger partial charge on any atom is 0.0244 e. The Kier molecular flexibility index (Phi) is 3.78. The van der Waals surface area contributed by atoms with E-state index in [-0.39, 0.29) is 0 Å². The Morgan fingerprint density at radius 1 is 1.00 bits per heavy atom. The average molecular weight is 211 g/mol. The van der Waals surface area contributed by atoms with E-state index in [4.69, 9.17) is 21.4 Å². The summed E-state index contributed by atoms with van der Waals surface area (Å²) in [6, 6.07) is 7.74. The molecule has 0 N–H and O–H groups in total. The first-order valence-electron chi connectivity index (χ1n) is 2.54. The highest BCUT2D eigenvalue weighted by atomic mass is 35.7. The third-order valence-corrected chi connectivity index (χ3v) is 2.92. The molecule has 1 aromatic rings. The van der Waals surface area contributed by atoms with Crippen LogP contribution in [0.25, 0.3) is 0 Å². The SMILES string of the molecule is ClSc1cccc(SCl)c1. The third-order valence-electron chi connectivity index (χ3n) is 0.984. The molecule has 0 heterocycles. The van der Waals surface area contributed by atoms with Gasteiger partial charge in [0.25, 0.3) is 0 Å². The molecule has 0 nitrogen and oxygen atoms in total. The van der Waals surface area contributed by atoms with Crippen molar-refractivity contribution in [2.75, 3.05) is 0 Å². The first-order valence-corrected chi connectivity index (χ1v) is 5.82. The molecule has 0 fully saturated rings. The molecule has 0 aromatic heterocycles. The van der Waals surface area contributed by atoms with Gasteiger partial charge in [0, 0.05) is 9.79 Å². The van der Waals surface area contributed by atoms with Gasteiger partial charge in [0.15, 0.2) is 0 Å². The monoisotopic (exact) mass is 210 g/mol. The summed E-state index contributed by atoms with van der Waals surface area (Å²) in [6.45, 7) is 0. The van der Waals surface area contributed by atoms with Crippen molar-refractivity contribution in [3.8, 4) is 0 Å². The van der Waals surface area contributed by atoms with E-state index in [0.717, 1.165) is 9.79 Å². The quantitative estimate of drug-likeness (QED) is 0.719. The summed E-state index contributed by atoms with van der Waals surface area (Å²) >= 11 is 0. The lowest BCUT2D eigenvalue weighted by Crippen LogP contribution is -1.67. The fourth-order valence-electron chi connectivity index (χ4n) is 0.570. The van der Waals surface area contributed by atoms with Crippen molar-refractivity contribution in [1.82, 2.24) is 0 Å². The Bertz CT molecular complexity index is 195. The lowest BCUT2D eigenvalue weighted by molar-refractivity contribution is 1.35. The zero-order valence-electron chi connectivity index (χ0n) is 4.88. The van der Waals surface area contributed by atoms with Gasteiger partial charge in [-0.15, -0.1) is 0 Å². The minimum absolute atomic E-state index is 1.02. The first kappa shape index (κ1) is 8.60. The second kappa shape index (κ2) is 4.39. The summed E-state index contributed by atoms with van der Waals surface area (Å²) in [5.74, 6) is 0. The van der Waals surface area contributed by atoms with Gasteiger partial charge in [-0.3, -0.25) is 0 Å². The van der Waals surface area contributed by atoms with Gasteiger partial charge in [-0.25, -0.2) is 0 Å². The van der Waals surface area contributed by atoms with Crippen LogP contribution in [-0.4, -0.2) is 0 Å². The van der Waals surface area contributed by atoms with E-state index in [2.05, 4.69) is 0 Å². The Hall–Kier alpha value is 0.500. The van der Waals surface area contributed by atoms with E-state index in [1.54, 1.807) is 0 Å². The standard InChI is InChI=1S/C6H4Cl2S2/c7-9-5-2-1-3-6(4-5)10-8/h1-4H. The molecule has 0 saturated carbocycles. The van der Waals surface area contributed by atoms with Crippen LogP contribution in [0.4, 0.5) is 0 Å². The lowest BCUT2D eigenvalue weighted by atomic mass is 10.4. The van der Waals surface area contributed by atoms with Crippen LogP contribution in [0.1, 0.15) is 0 Å². The fourth-order valence-corrected chi connectivity index (χ4v) is 1.82. The molecule has 0 unspecified atom stereocenters. The largest absolute Gasteiger partial charge is 0.0600 e. The van der Waals surface area contributed by atoms with Crippen LogP contribution in [0.15, 0.2) is 34.1 Å². The molecule has 0 amide bonds. The molecule has 0 atom stereocenters. The predicted octanol–water partition coefficient (Wildman–Crippen LogP) is 4.18. The summed E-state index contributed by atoms with van der Waals surface area (Å²) in [5, 5.41) is 0. The van der Waals surface area contributed by atoms with E-state index in [1.165, 1.54) is 22.0 Å². The second-order valence-corrected chi connectivity index (χ2v) is 3.81. The molecule has 1 aromatic carbocycles. The van der Waals surface area contributed by atoms with Gasteiger partial charge in [0.05, 0.1) is 0 Å². The Labute approximate surface area is 77.3 Å². The van der Waals surface area contributed by atoms with Gasteiger partial charge < -0.3 is 0 Å². The summed E-state index contributed by atoms with van der Waals surface area (Å²) in [5.41, 5.74) is 0. The van der Waals surface area contributed by atoms with Crippen molar-refractivity contribution >= 4 is 43.3 Å². The van der Waals surface area contributed by atoms with Crippen LogP contribution in [0.3, 0.4) is 0 Å². The van der Waals surface area contributed by atoms with Crippen LogP contribution in [0.2, 0.25) is 0 Å². The van der Waals surface area contributed by atoms with Gasteiger partial charge in [-0.2, -0.15) is 0 Å². The van der Waals surface area contributed by atoms with Crippen molar-refractivity contribution in [3.63, 3.8) is 0 Å². The first-order chi connectivity index (χ1) is 4.86. The van der Waals surface area contributed by atoms with Crippen LogP contribution in [0, 0.1) is 0 Å². The van der Waals surface area contributed by atoms with E-state index in [0.29, 0.717) is 0 Å². The second-order valence-electron chi connectivity index (χ2n) is 1.63. The van der Waals surface area contributed by atoms with E-state index in [9.17, 15) is 0 Å². The van der Waals surface area contributed by atoms with E-state index < -0.39 is 0 Å². The highest BCUT2D eigenvalue weighted by molar-refractivity contribution is 8.21. The molecule has 0 bridgehead atoms. The van der Waals surface area contributed by atoms with Crippen molar-refractivity contribution in [1.29, 1.82) is 0 Å². The molecule has 1 rings (SSSR count). The maximum atomic E-state index is 5.52. The van der Waals surface area contributed by atoms with E-state index >= 15 is 0 Å². The fraction of sp³-hybridized carbons (Fsp3) is 0. The number of hydrogen-bond donors (Lipinski definition) is 0. The van der Waals surface area contributed by atoms with Gasteiger partial charge in [-0.05, 0) is 61.5 Å². The maximum absolute atomic E-state index is 5.52. The molecule has 0 aliphatic rings. The van der Waals surface area contributed by atoms with Gasteiger partial charge in [0.2, 0.25) is 0 Å². The smallest absolute Gasteiger partial charge is 0.0244 e. The molecule has 4 heteroatoms. The summed E-state index contributed by atoms with van der Waals surface area (Å²) in [4.78, 5) is 2.04. The Morgan fingerprint density at radius 3 is 1.90 bits per heavy atom. The highest BCUT2D eigenvalue weighted by Crippen LogP contribution is 2.28. The minimum atomic E-state index is 1.02. The van der Waals surface area contributed by atoms with Crippen LogP contribution < -0.4 is 0 Å². The number of halogens is 2. The molecule has 0 radical (unpaired) electrons. The summed E-state index contributed by atoms with van der Waals surface area (Å²) < 4.78 is 0. The van der Waals surface area contributed by atoms with Crippen molar-refractivity contribution in [3.05, 3.63) is 24.3 Å². The van der Waals surface area contributed by atoms with Crippen molar-refractivity contribution < 1.29 is 0 Å². The van der Waals surface area contributed by atoms with Crippen LogP contribution in [-0.2, 0) is 0 Å². The number of hydrogen-bond acceptors (Lipinski definition) is 2. The molecule has 0 aliphatic carbocycles. The van der Waals surface area contributed by atoms with Crippen molar-refractivity contribution in [2.24, 2.45) is 0 Å². The van der Waals surface area contributed by atoms with Crippen LogP contribution in [0.5, 0.6) is 0 Å². The molecule has 10 heavy (non-hydrogen) atoms. The molecule has 54 valence electrons. The Balaban J connectivity index is 2.87. The topological polar surface area (TPSA) is 0 Å². The van der Waals surface area contributed by atoms with Crippen LogP contribution >= 0.6 is 43.3 Å². The molecule has 0 spiro atoms. The number of benzene rings is 1. The Morgan fingerprint density at radius 2 is 1.50 bits per heavy atom. The highest BCUT2D eigenvalue weighted by Gasteiger charge is 1.93. The normalized spacial score (nSPS) is 9.80. The zero-order chi connectivity index (χ0) is 7.40. The minimum Gasteiger partial charge on any atom is -0.0600 e. The average Bonchev–Trinajstić information content (AvgIpc) is 2.05. The van der Waals surface area contributed by atoms with Gasteiger partial charge in [0.1, 0.15) is 0 Å². The predicted molar refractivity (Wildman–Crippen MR) is 49.9 cm³/mol. The van der Waals surface area contributed by atoms with Gasteiger partial charge >= 0.3 is 0 Å². The lowest BCUT2D eigenvalue weighted by Gasteiger charge is -1.94. The molecular formula is C6H4Cl2S2. The van der Waals surface area contributed by atoms with E-state index in [1.807, 2.05) is 24.3 Å². The third kappa shape index (κ3) is 2.27.